The van der Waals surface area contributed by atoms with Crippen molar-refractivity contribution in [1.29, 1.82) is 0 Å². The number of hydrogen-bond donors (Lipinski definition) is 1. The van der Waals surface area contributed by atoms with E-state index in [1.54, 1.807) is 7.11 Å². The second-order valence-electron chi connectivity index (χ2n) is 6.30. The van der Waals surface area contributed by atoms with Crippen LogP contribution >= 0.6 is 0 Å². The Labute approximate surface area is 148 Å². The van der Waals surface area contributed by atoms with Crippen LogP contribution in [-0.2, 0) is 6.54 Å². The van der Waals surface area contributed by atoms with Gasteiger partial charge in [0.2, 0.25) is 0 Å². The fourth-order valence-corrected chi connectivity index (χ4v) is 3.16. The van der Waals surface area contributed by atoms with E-state index >= 15 is 0 Å². The van der Waals surface area contributed by atoms with Crippen molar-refractivity contribution in [3.05, 3.63) is 30.1 Å². The van der Waals surface area contributed by atoms with Gasteiger partial charge in [0.05, 0.1) is 20.3 Å². The van der Waals surface area contributed by atoms with Crippen molar-refractivity contribution >= 4 is 0 Å². The maximum absolute atomic E-state index is 9.43. The molecule has 1 aromatic carbocycles. The summed E-state index contributed by atoms with van der Waals surface area (Å²) in [4.78, 5) is 9.18. The van der Waals surface area contributed by atoms with Gasteiger partial charge < -0.3 is 14.4 Å². The van der Waals surface area contributed by atoms with Crippen LogP contribution in [0.4, 0.5) is 0 Å². The quantitative estimate of drug-likeness (QED) is 0.817. The van der Waals surface area contributed by atoms with Crippen LogP contribution in [0.3, 0.4) is 0 Å². The fraction of sp³-hybridized carbons (Fsp3) is 0.556. The zero-order valence-electron chi connectivity index (χ0n) is 14.9. The minimum absolute atomic E-state index is 0.229. The number of aromatic nitrogens is 2. The number of aliphatic hydroxyl groups excluding tert-OH is 1. The van der Waals surface area contributed by atoms with Gasteiger partial charge in [0, 0.05) is 37.8 Å². The monoisotopic (exact) mass is 346 g/mol. The van der Waals surface area contributed by atoms with Gasteiger partial charge in [0.15, 0.2) is 5.82 Å². The molecule has 1 saturated heterocycles. The molecule has 1 unspecified atom stereocenters. The topological polar surface area (TPSA) is 74.9 Å². The summed E-state index contributed by atoms with van der Waals surface area (Å²) in [6, 6.07) is 7.85. The largest absolute Gasteiger partial charge is 0.497 e. The molecule has 1 aliphatic heterocycles. The van der Waals surface area contributed by atoms with Gasteiger partial charge in [-0.15, -0.1) is 0 Å². The first-order chi connectivity index (χ1) is 12.2. The van der Waals surface area contributed by atoms with Gasteiger partial charge in [0.25, 0.3) is 5.89 Å². The van der Waals surface area contributed by atoms with Crippen molar-refractivity contribution in [2.24, 2.45) is 0 Å². The fourth-order valence-electron chi connectivity index (χ4n) is 3.16. The molecule has 0 spiro atoms. The number of nitrogens with zero attached hydrogens (tertiary/aromatic N) is 4. The Bertz CT molecular complexity index is 647. The number of rotatable bonds is 7. The number of methoxy groups -OCH3 is 1. The maximum atomic E-state index is 9.43. The van der Waals surface area contributed by atoms with E-state index in [9.17, 15) is 5.11 Å². The smallest absolute Gasteiger partial charge is 0.257 e. The number of benzene rings is 1. The first-order valence-electron chi connectivity index (χ1n) is 8.77. The summed E-state index contributed by atoms with van der Waals surface area (Å²) in [7, 11) is 1.64. The molecule has 0 amide bonds. The van der Waals surface area contributed by atoms with E-state index in [2.05, 4.69) is 26.9 Å². The van der Waals surface area contributed by atoms with E-state index in [0.717, 1.165) is 43.9 Å². The molecular formula is C18H26N4O3. The highest BCUT2D eigenvalue weighted by Crippen LogP contribution is 2.21. The molecular weight excluding hydrogens is 320 g/mol. The number of ether oxygens (including phenoxy) is 1. The molecule has 3 rings (SSSR count). The summed E-state index contributed by atoms with van der Waals surface area (Å²) in [5, 5.41) is 13.5. The zero-order valence-corrected chi connectivity index (χ0v) is 14.9. The van der Waals surface area contributed by atoms with Crippen molar-refractivity contribution < 1.29 is 14.4 Å². The van der Waals surface area contributed by atoms with Crippen molar-refractivity contribution in [3.8, 4) is 17.2 Å². The average molecular weight is 346 g/mol. The molecule has 25 heavy (non-hydrogen) atoms. The van der Waals surface area contributed by atoms with Crippen molar-refractivity contribution in [1.82, 2.24) is 19.9 Å². The van der Waals surface area contributed by atoms with Gasteiger partial charge in [0.1, 0.15) is 5.75 Å². The van der Waals surface area contributed by atoms with Gasteiger partial charge in [-0.1, -0.05) is 12.1 Å². The van der Waals surface area contributed by atoms with Crippen LogP contribution in [0.2, 0.25) is 0 Å². The lowest BCUT2D eigenvalue weighted by Gasteiger charge is -2.37. The highest BCUT2D eigenvalue weighted by molar-refractivity contribution is 5.54. The molecule has 1 aliphatic rings. The van der Waals surface area contributed by atoms with Crippen LogP contribution in [-0.4, -0.2) is 71.0 Å². The molecule has 1 atom stereocenters. The summed E-state index contributed by atoms with van der Waals surface area (Å²) in [5.74, 6) is 2.03. The lowest BCUT2D eigenvalue weighted by molar-refractivity contribution is 0.0596. The molecule has 2 aromatic rings. The molecule has 7 nitrogen and oxygen atoms in total. The second kappa shape index (κ2) is 8.42. The van der Waals surface area contributed by atoms with Gasteiger partial charge in [-0.25, -0.2) is 0 Å². The Morgan fingerprint density at radius 2 is 1.92 bits per heavy atom. The van der Waals surface area contributed by atoms with E-state index in [1.165, 1.54) is 0 Å². The first kappa shape index (κ1) is 17.8. The Hall–Kier alpha value is -1.96. The maximum Gasteiger partial charge on any atom is 0.257 e. The number of aliphatic hydroxyl groups is 1. The molecule has 2 heterocycles. The van der Waals surface area contributed by atoms with Crippen molar-refractivity contribution in [2.75, 3.05) is 39.9 Å². The van der Waals surface area contributed by atoms with E-state index in [4.69, 9.17) is 9.26 Å². The van der Waals surface area contributed by atoms with E-state index in [1.807, 2.05) is 24.3 Å². The van der Waals surface area contributed by atoms with Gasteiger partial charge in [-0.3, -0.25) is 9.80 Å². The number of piperazine rings is 1. The molecule has 0 radical (unpaired) electrons. The predicted molar refractivity (Wildman–Crippen MR) is 94.3 cm³/mol. The predicted octanol–water partition coefficient (Wildman–Crippen LogP) is 1.63. The number of hydrogen-bond acceptors (Lipinski definition) is 7. The molecule has 1 aromatic heterocycles. The Morgan fingerprint density at radius 1 is 1.20 bits per heavy atom. The summed E-state index contributed by atoms with van der Waals surface area (Å²) in [6.45, 7) is 6.85. The van der Waals surface area contributed by atoms with Crippen molar-refractivity contribution in [3.63, 3.8) is 0 Å². The Morgan fingerprint density at radius 3 is 2.52 bits per heavy atom. The Balaban J connectivity index is 1.55. The molecule has 0 saturated carbocycles. The molecule has 7 heteroatoms. The first-order valence-corrected chi connectivity index (χ1v) is 8.77. The van der Waals surface area contributed by atoms with E-state index in [-0.39, 0.29) is 12.6 Å². The highest BCUT2D eigenvalue weighted by atomic mass is 16.5. The Kier molecular flexibility index (Phi) is 6.01. The third-order valence-electron chi connectivity index (χ3n) is 4.78. The van der Waals surface area contributed by atoms with Crippen LogP contribution in [0.25, 0.3) is 11.5 Å². The highest BCUT2D eigenvalue weighted by Gasteiger charge is 2.23. The molecule has 0 bridgehead atoms. The molecule has 0 aliphatic carbocycles. The van der Waals surface area contributed by atoms with Gasteiger partial charge in [-0.2, -0.15) is 4.98 Å². The average Bonchev–Trinajstić information content (AvgIpc) is 3.12. The standard InChI is InChI=1S/C18H26N4O3/c1-3-15(13-23)22-10-8-21(9-11-22)12-17-19-18(25-20-17)14-4-6-16(24-2)7-5-14/h4-7,15,23H,3,8-13H2,1-2H3. The zero-order chi connectivity index (χ0) is 17.6. The normalized spacial score (nSPS) is 17.6. The minimum Gasteiger partial charge on any atom is -0.497 e. The van der Waals surface area contributed by atoms with E-state index < -0.39 is 0 Å². The third kappa shape index (κ3) is 4.36. The summed E-state index contributed by atoms with van der Waals surface area (Å²) in [5.41, 5.74) is 0.887. The molecule has 1 N–H and O–H groups in total. The van der Waals surface area contributed by atoms with Crippen LogP contribution in [0.1, 0.15) is 19.2 Å². The van der Waals surface area contributed by atoms with Gasteiger partial charge in [-0.05, 0) is 30.7 Å². The summed E-state index contributed by atoms with van der Waals surface area (Å²) >= 11 is 0. The summed E-state index contributed by atoms with van der Waals surface area (Å²) in [6.07, 6.45) is 0.979. The second-order valence-corrected chi connectivity index (χ2v) is 6.30. The van der Waals surface area contributed by atoms with E-state index in [0.29, 0.717) is 18.3 Å². The van der Waals surface area contributed by atoms with Gasteiger partial charge >= 0.3 is 0 Å². The van der Waals surface area contributed by atoms with Crippen molar-refractivity contribution in [2.45, 2.75) is 25.9 Å². The van der Waals surface area contributed by atoms with Crippen LogP contribution in [0.15, 0.2) is 28.8 Å². The summed E-state index contributed by atoms with van der Waals surface area (Å²) < 4.78 is 10.5. The SMILES string of the molecule is CCC(CO)N1CCN(Cc2noc(-c3ccc(OC)cc3)n2)CC1. The lowest BCUT2D eigenvalue weighted by atomic mass is 10.1. The lowest BCUT2D eigenvalue weighted by Crippen LogP contribution is -2.50. The van der Waals surface area contributed by atoms with Crippen LogP contribution in [0.5, 0.6) is 5.75 Å². The van der Waals surface area contributed by atoms with Crippen LogP contribution < -0.4 is 4.74 Å². The van der Waals surface area contributed by atoms with Crippen LogP contribution in [0, 0.1) is 0 Å². The molecule has 1 fully saturated rings. The molecule has 136 valence electrons. The third-order valence-corrected chi connectivity index (χ3v) is 4.78. The minimum atomic E-state index is 0.229.